The molecule has 4 nitrogen and oxygen atoms in total. The number of rotatable bonds is 4. The van der Waals surface area contributed by atoms with E-state index in [9.17, 15) is 17.6 Å². The van der Waals surface area contributed by atoms with Crippen LogP contribution in [-0.2, 0) is 21.1 Å². The van der Waals surface area contributed by atoms with Gasteiger partial charge in [-0.25, -0.2) is 12.8 Å². The fourth-order valence-electron chi connectivity index (χ4n) is 2.24. The minimum absolute atomic E-state index is 0.0109. The van der Waals surface area contributed by atoms with E-state index >= 15 is 0 Å². The zero-order chi connectivity index (χ0) is 14.8. The molecule has 1 aliphatic rings. The first-order valence-electron chi connectivity index (χ1n) is 6.26. The number of ketones is 1. The summed E-state index contributed by atoms with van der Waals surface area (Å²) in [6.07, 6.45) is 0.235. The van der Waals surface area contributed by atoms with E-state index in [2.05, 4.69) is 21.2 Å². The molecular formula is C13H15BrFNO3S. The Kier molecular flexibility index (Phi) is 4.93. The summed E-state index contributed by atoms with van der Waals surface area (Å²) in [4.78, 5) is 12.0. The number of hydrogen-bond donors (Lipinski definition) is 1. The summed E-state index contributed by atoms with van der Waals surface area (Å²) < 4.78 is 36.6. The van der Waals surface area contributed by atoms with Gasteiger partial charge in [0.25, 0.3) is 0 Å². The van der Waals surface area contributed by atoms with Crippen LogP contribution in [0.15, 0.2) is 22.7 Å². The molecule has 1 atom stereocenters. The van der Waals surface area contributed by atoms with Crippen molar-refractivity contribution >= 4 is 31.6 Å². The van der Waals surface area contributed by atoms with E-state index < -0.39 is 15.7 Å². The molecule has 2 rings (SSSR count). The fraction of sp³-hybridized carbons (Fsp3) is 0.462. The Bertz CT molecular complexity index is 618. The van der Waals surface area contributed by atoms with Gasteiger partial charge in [-0.05, 0) is 27.6 Å². The largest absolute Gasteiger partial charge is 0.312 e. The number of hydrogen-bond acceptors (Lipinski definition) is 4. The van der Waals surface area contributed by atoms with Crippen molar-refractivity contribution in [2.75, 3.05) is 18.1 Å². The average Bonchev–Trinajstić information content (AvgIpc) is 2.33. The predicted molar refractivity (Wildman–Crippen MR) is 77.9 cm³/mol. The van der Waals surface area contributed by atoms with Gasteiger partial charge in [-0.15, -0.1) is 0 Å². The first-order chi connectivity index (χ1) is 9.37. The van der Waals surface area contributed by atoms with Gasteiger partial charge in [0.15, 0.2) is 9.84 Å². The van der Waals surface area contributed by atoms with Crippen LogP contribution < -0.4 is 5.32 Å². The Hall–Kier alpha value is -0.790. The number of carbonyl (C=O) groups excluding carboxylic acids is 1. The van der Waals surface area contributed by atoms with E-state index in [1.54, 1.807) is 12.1 Å². The summed E-state index contributed by atoms with van der Waals surface area (Å²) >= 11 is 3.11. The van der Waals surface area contributed by atoms with Crippen molar-refractivity contribution in [1.29, 1.82) is 0 Å². The Labute approximate surface area is 125 Å². The third-order valence-electron chi connectivity index (χ3n) is 3.19. The SMILES string of the molecule is O=C(Cc1cccc(F)c1Br)CC1CS(=O)(=O)CCN1. The van der Waals surface area contributed by atoms with Gasteiger partial charge >= 0.3 is 0 Å². The van der Waals surface area contributed by atoms with Crippen molar-refractivity contribution in [2.24, 2.45) is 0 Å². The molecule has 1 heterocycles. The topological polar surface area (TPSA) is 63.2 Å². The van der Waals surface area contributed by atoms with E-state index in [4.69, 9.17) is 0 Å². The van der Waals surface area contributed by atoms with Crippen LogP contribution in [0.4, 0.5) is 4.39 Å². The van der Waals surface area contributed by atoms with Crippen LogP contribution in [0.25, 0.3) is 0 Å². The van der Waals surface area contributed by atoms with Crippen LogP contribution in [-0.4, -0.2) is 38.3 Å². The molecule has 1 aromatic carbocycles. The molecule has 20 heavy (non-hydrogen) atoms. The molecule has 0 aliphatic carbocycles. The molecule has 1 aromatic rings. The van der Waals surface area contributed by atoms with Crippen LogP contribution in [0, 0.1) is 5.82 Å². The smallest absolute Gasteiger partial charge is 0.153 e. The fourth-order valence-corrected chi connectivity index (χ4v) is 4.09. The maximum absolute atomic E-state index is 13.3. The van der Waals surface area contributed by atoms with Crippen molar-refractivity contribution in [1.82, 2.24) is 5.32 Å². The molecule has 1 N–H and O–H groups in total. The third kappa shape index (κ3) is 4.10. The van der Waals surface area contributed by atoms with Crippen molar-refractivity contribution < 1.29 is 17.6 Å². The molecule has 1 fully saturated rings. The zero-order valence-electron chi connectivity index (χ0n) is 10.7. The summed E-state index contributed by atoms with van der Waals surface area (Å²) in [6.45, 7) is 0.379. The Morgan fingerprint density at radius 3 is 2.90 bits per heavy atom. The monoisotopic (exact) mass is 363 g/mol. The number of Topliss-reactive ketones (excluding diaryl/α,β-unsaturated/α-hetero) is 1. The lowest BCUT2D eigenvalue weighted by molar-refractivity contribution is -0.118. The predicted octanol–water partition coefficient (Wildman–Crippen LogP) is 1.48. The van der Waals surface area contributed by atoms with Gasteiger partial charge in [-0.3, -0.25) is 4.79 Å². The third-order valence-corrected chi connectivity index (χ3v) is 5.82. The highest BCUT2D eigenvalue weighted by molar-refractivity contribution is 9.10. The van der Waals surface area contributed by atoms with Crippen LogP contribution in [0.2, 0.25) is 0 Å². The highest BCUT2D eigenvalue weighted by atomic mass is 79.9. The lowest BCUT2D eigenvalue weighted by atomic mass is 10.0. The van der Waals surface area contributed by atoms with Crippen LogP contribution in [0.5, 0.6) is 0 Å². The standard InChI is InChI=1S/C13H15BrFNO3S/c14-13-9(2-1-3-12(13)15)6-11(17)7-10-8-20(18,19)5-4-16-10/h1-3,10,16H,4-8H2. The summed E-state index contributed by atoms with van der Waals surface area (Å²) in [7, 11) is -3.05. The molecule has 0 radical (unpaired) electrons. The van der Waals surface area contributed by atoms with Gasteiger partial charge in [-0.1, -0.05) is 12.1 Å². The highest BCUT2D eigenvalue weighted by Gasteiger charge is 2.26. The highest BCUT2D eigenvalue weighted by Crippen LogP contribution is 2.21. The Balaban J connectivity index is 1.97. The van der Waals surface area contributed by atoms with Gasteiger partial charge < -0.3 is 5.32 Å². The maximum atomic E-state index is 13.3. The van der Waals surface area contributed by atoms with Crippen molar-refractivity contribution in [3.05, 3.63) is 34.1 Å². The van der Waals surface area contributed by atoms with E-state index in [1.807, 2.05) is 0 Å². The normalized spacial score (nSPS) is 21.6. The second-order valence-electron chi connectivity index (χ2n) is 4.90. The first-order valence-corrected chi connectivity index (χ1v) is 8.87. The van der Waals surface area contributed by atoms with Crippen LogP contribution >= 0.6 is 15.9 Å². The van der Waals surface area contributed by atoms with Crippen LogP contribution in [0.3, 0.4) is 0 Å². The van der Waals surface area contributed by atoms with E-state index in [1.165, 1.54) is 6.07 Å². The summed E-state index contributed by atoms with van der Waals surface area (Å²) in [5, 5.41) is 3.03. The molecule has 0 bridgehead atoms. The lowest BCUT2D eigenvalue weighted by Crippen LogP contribution is -2.46. The first kappa shape index (κ1) is 15.6. The second-order valence-corrected chi connectivity index (χ2v) is 7.92. The Morgan fingerprint density at radius 1 is 1.45 bits per heavy atom. The molecule has 0 spiro atoms. The van der Waals surface area contributed by atoms with E-state index in [0.717, 1.165) is 0 Å². The summed E-state index contributed by atoms with van der Waals surface area (Å²) in [6, 6.07) is 4.20. The number of sulfone groups is 1. The molecule has 7 heteroatoms. The Morgan fingerprint density at radius 2 is 2.20 bits per heavy atom. The number of halogens is 2. The molecular weight excluding hydrogens is 349 g/mol. The van der Waals surface area contributed by atoms with Crippen molar-refractivity contribution in [2.45, 2.75) is 18.9 Å². The van der Waals surface area contributed by atoms with Gasteiger partial charge in [0.1, 0.15) is 11.6 Å². The van der Waals surface area contributed by atoms with E-state index in [0.29, 0.717) is 12.1 Å². The van der Waals surface area contributed by atoms with E-state index in [-0.39, 0.29) is 40.6 Å². The summed E-state index contributed by atoms with van der Waals surface area (Å²) in [5.41, 5.74) is 0.577. The number of nitrogens with one attached hydrogen (secondary N) is 1. The molecule has 110 valence electrons. The number of benzene rings is 1. The molecule has 0 amide bonds. The molecule has 0 aromatic heterocycles. The molecule has 0 saturated carbocycles. The quantitative estimate of drug-likeness (QED) is 0.879. The van der Waals surface area contributed by atoms with Gasteiger partial charge in [0, 0.05) is 25.4 Å². The minimum atomic E-state index is -3.05. The second kappa shape index (κ2) is 6.32. The molecule has 1 aliphatic heterocycles. The number of carbonyl (C=O) groups is 1. The van der Waals surface area contributed by atoms with Crippen molar-refractivity contribution in [3.63, 3.8) is 0 Å². The lowest BCUT2D eigenvalue weighted by Gasteiger charge is -2.23. The summed E-state index contributed by atoms with van der Waals surface area (Å²) in [5.74, 6) is -0.407. The van der Waals surface area contributed by atoms with Gasteiger partial charge in [-0.2, -0.15) is 0 Å². The maximum Gasteiger partial charge on any atom is 0.153 e. The van der Waals surface area contributed by atoms with Gasteiger partial charge in [0.2, 0.25) is 0 Å². The van der Waals surface area contributed by atoms with Crippen LogP contribution in [0.1, 0.15) is 12.0 Å². The molecule has 1 unspecified atom stereocenters. The molecule has 1 saturated heterocycles. The minimum Gasteiger partial charge on any atom is -0.312 e. The average molecular weight is 364 g/mol. The van der Waals surface area contributed by atoms with Crippen molar-refractivity contribution in [3.8, 4) is 0 Å². The zero-order valence-corrected chi connectivity index (χ0v) is 13.1. The van der Waals surface area contributed by atoms with Gasteiger partial charge in [0.05, 0.1) is 16.0 Å².